The van der Waals surface area contributed by atoms with E-state index in [0.29, 0.717) is 36.8 Å². The van der Waals surface area contributed by atoms with Crippen LogP contribution < -0.4 is 31.1 Å². The van der Waals surface area contributed by atoms with E-state index in [9.17, 15) is 27.4 Å². The highest BCUT2D eigenvalue weighted by Crippen LogP contribution is 2.62. The number of hydrogen-bond donors (Lipinski definition) is 0. The molecule has 6 heteroatoms. The van der Waals surface area contributed by atoms with E-state index in [1.165, 1.54) is 9.80 Å². The minimum atomic E-state index is -1.67. The van der Waals surface area contributed by atoms with Crippen molar-refractivity contribution in [1.29, 1.82) is 0 Å². The molecule has 4 aliphatic rings. The predicted octanol–water partition coefficient (Wildman–Crippen LogP) is 19.3. The average molecular weight is 1080 g/mol. The number of furan rings is 2. The Bertz CT molecular complexity index is 4930. The lowest BCUT2D eigenvalue weighted by Crippen LogP contribution is -2.61. The van der Waals surface area contributed by atoms with Crippen molar-refractivity contribution in [1.82, 2.24) is 0 Å². The summed E-state index contributed by atoms with van der Waals surface area (Å²) in [6.45, 7) is 34.6. The number of fused-ring (bicyclic) bond motifs is 8. The van der Waals surface area contributed by atoms with Gasteiger partial charge in [0, 0.05) is 67.6 Å². The first kappa shape index (κ1) is 35.5. The topological polar surface area (TPSA) is 36.0 Å². The molecule has 0 amide bonds. The molecule has 6 aromatic carbocycles. The van der Waals surface area contributed by atoms with Crippen LogP contribution in [0.5, 0.6) is 0 Å². The molecule has 1 fully saturated rings. The van der Waals surface area contributed by atoms with Gasteiger partial charge in [-0.1, -0.05) is 205 Å². The monoisotopic (exact) mass is 1080 g/mol. The van der Waals surface area contributed by atoms with Crippen molar-refractivity contribution in [3.8, 4) is 11.3 Å². The van der Waals surface area contributed by atoms with Crippen LogP contribution in [0.3, 0.4) is 0 Å². The fourth-order valence-corrected chi connectivity index (χ4v) is 12.1. The molecule has 2 unspecified atom stereocenters. The SMILES string of the molecule is [2H]c1c(C(C)(C)C)oc2c1B1c3c(c([2H])c(N4c5c([2H])c([2H])c(C(C)(C)C)c([2H])c5C5(C)CCCCC45C)c([2H])c3N(c3c([2H])c([2H])c(C(C)(C)C)c([2H])c3[2H])c3c1c([2H])c1c([2H])c(-c4c([2H])c([2H])c(C(C)(C)C)c([2H])c4C(C)(C)C)oc1c3[2H])N2c1c([2H])c([2H])c(C(C)(C)C)c([2H])c1[2H]. The number of nitrogens with zero attached hydrogens (tertiary/aromatic N) is 3. The van der Waals surface area contributed by atoms with Gasteiger partial charge in [-0.2, -0.15) is 0 Å². The summed E-state index contributed by atoms with van der Waals surface area (Å²) in [6, 6.07) is -8.97. The van der Waals surface area contributed by atoms with Crippen LogP contribution in [-0.2, 0) is 37.9 Å². The molecule has 3 aliphatic heterocycles. The van der Waals surface area contributed by atoms with Crippen LogP contribution in [0.25, 0.3) is 22.3 Å². The van der Waals surface area contributed by atoms with Crippen molar-refractivity contribution in [3.63, 3.8) is 0 Å². The van der Waals surface area contributed by atoms with E-state index in [0.717, 1.165) is 0 Å². The zero-order valence-corrected chi connectivity index (χ0v) is 50.6. The molecule has 5 heterocycles. The molecule has 0 N–H and O–H groups in total. The highest BCUT2D eigenvalue weighted by Gasteiger charge is 2.58. The van der Waals surface area contributed by atoms with E-state index in [2.05, 4.69) is 0 Å². The fourth-order valence-electron chi connectivity index (χ4n) is 12.1. The molecule has 8 aromatic rings. The fraction of sp³-hybridized carbons (Fsp3) is 0.432. The lowest BCUT2D eigenvalue weighted by molar-refractivity contribution is 0.195. The highest BCUT2D eigenvalue weighted by molar-refractivity contribution is 7.00. The first-order valence-corrected chi connectivity index (χ1v) is 28.4. The molecule has 0 radical (unpaired) electrons. The Hall–Kier alpha value is -6.40. The summed E-state index contributed by atoms with van der Waals surface area (Å²) in [5.41, 5.74) is -10.1. The van der Waals surface area contributed by atoms with Crippen molar-refractivity contribution in [2.75, 3.05) is 14.7 Å². The normalized spacial score (nSPS) is 22.8. The molecule has 1 saturated carbocycles. The molecule has 5 nitrogen and oxygen atoms in total. The van der Waals surface area contributed by atoms with Gasteiger partial charge in [-0.3, -0.25) is 4.90 Å². The number of hydrogen-bond acceptors (Lipinski definition) is 5. The van der Waals surface area contributed by atoms with E-state index in [1.807, 2.05) is 76.2 Å². The van der Waals surface area contributed by atoms with Gasteiger partial charge in [0.1, 0.15) is 17.1 Å². The summed E-state index contributed by atoms with van der Waals surface area (Å²) in [7, 11) is 0. The third kappa shape index (κ3) is 8.44. The van der Waals surface area contributed by atoms with E-state index in [-0.39, 0.29) is 132 Å². The van der Waals surface area contributed by atoms with Crippen LogP contribution in [0.15, 0.2) is 130 Å². The van der Waals surface area contributed by atoms with E-state index >= 15 is 0 Å². The van der Waals surface area contributed by atoms with E-state index in [1.54, 1.807) is 67.2 Å². The van der Waals surface area contributed by atoms with Gasteiger partial charge in [0.05, 0.1) is 33.0 Å². The van der Waals surface area contributed by atoms with Crippen LogP contribution in [0.2, 0.25) is 0 Å². The Morgan fingerprint density at radius 2 is 1.00 bits per heavy atom. The van der Waals surface area contributed by atoms with E-state index in [4.69, 9.17) is 8.83 Å². The second-order valence-corrected chi connectivity index (χ2v) is 29.4. The van der Waals surface area contributed by atoms with E-state index < -0.39 is 152 Å². The summed E-state index contributed by atoms with van der Waals surface area (Å²) < 4.78 is 220. The molecule has 0 bridgehead atoms. The van der Waals surface area contributed by atoms with Gasteiger partial charge in [-0.25, -0.2) is 0 Å². The van der Waals surface area contributed by atoms with Crippen molar-refractivity contribution < 1.29 is 36.2 Å². The molecular formula is C74H88BN3O2. The van der Waals surface area contributed by atoms with Crippen LogP contribution >= 0.6 is 0 Å². The maximum atomic E-state index is 11.4. The highest BCUT2D eigenvalue weighted by atomic mass is 16.4. The summed E-state index contributed by atoms with van der Waals surface area (Å²) in [4.78, 5) is 4.10. The Labute approximate surface area is 508 Å². The summed E-state index contributed by atoms with van der Waals surface area (Å²) in [5.74, 6) is -0.667. The second-order valence-electron chi connectivity index (χ2n) is 29.4. The van der Waals surface area contributed by atoms with Gasteiger partial charge in [0.2, 0.25) is 0 Å². The number of anilines is 8. The minimum Gasteiger partial charge on any atom is -0.456 e. The van der Waals surface area contributed by atoms with Gasteiger partial charge in [0.25, 0.3) is 6.71 Å². The van der Waals surface area contributed by atoms with Crippen LogP contribution in [-0.4, -0.2) is 12.3 Å². The van der Waals surface area contributed by atoms with Crippen molar-refractivity contribution in [2.45, 2.75) is 208 Å². The maximum absolute atomic E-state index is 11.4. The summed E-state index contributed by atoms with van der Waals surface area (Å²) >= 11 is 0. The number of benzene rings is 6. The maximum Gasteiger partial charge on any atom is 0.256 e. The quantitative estimate of drug-likeness (QED) is 0.164. The Morgan fingerprint density at radius 1 is 0.463 bits per heavy atom. The molecule has 2 atom stereocenters. The molecule has 12 rings (SSSR count). The molecule has 80 heavy (non-hydrogen) atoms. The minimum absolute atomic E-state index is 0.00642. The third-order valence-corrected chi connectivity index (χ3v) is 17.0. The molecular weight excluding hydrogens is 974 g/mol. The standard InChI is InChI=1S/C74H88BN3O2/c1-67(2,3)46-23-29-50(30-24-46)76-59-44-62-45(38-63(79-62)53-33-27-48(69(7,8)9)39-54(53)71(13,14)15)37-56(59)75-57-43-64(72(16,17)18)80-66(57)77(51-31-25-47(26-32-51)68(4,5)6)61-42-52(41-60(76)65(61)75)78-58-34-28-49(70(10,11)12)40-55(58)73(19)35-21-22-36-74(73,78)20/h23-34,37-44H,21-22,35-36H2,1-20H3/i23D,24D,25D,26D,27D,28D,29D,30D,31D,32D,33D,34D,37D,38D,39D,40D,41D,42D,43D,44D. The lowest BCUT2D eigenvalue weighted by atomic mass is 9.34. The summed E-state index contributed by atoms with van der Waals surface area (Å²) in [6.07, 6.45) is 2.05. The van der Waals surface area contributed by atoms with Gasteiger partial charge >= 0.3 is 0 Å². The first-order chi connectivity index (χ1) is 45.6. The summed E-state index contributed by atoms with van der Waals surface area (Å²) in [5, 5.41) is -0.321. The Morgan fingerprint density at radius 3 is 1.57 bits per heavy atom. The number of rotatable bonds is 4. The van der Waals surface area contributed by atoms with Gasteiger partial charge in [-0.05, 0) is 151 Å². The van der Waals surface area contributed by atoms with Crippen molar-refractivity contribution in [3.05, 3.63) is 160 Å². The molecule has 414 valence electrons. The zero-order chi connectivity index (χ0) is 74.8. The predicted molar refractivity (Wildman–Crippen MR) is 343 cm³/mol. The lowest BCUT2D eigenvalue weighted by Gasteiger charge is -2.51. The smallest absolute Gasteiger partial charge is 0.256 e. The van der Waals surface area contributed by atoms with Crippen LogP contribution in [0.1, 0.15) is 231 Å². The van der Waals surface area contributed by atoms with Crippen molar-refractivity contribution >= 4 is 79.8 Å². The largest absolute Gasteiger partial charge is 0.456 e. The Balaban J connectivity index is 1.39. The molecule has 1 aliphatic carbocycles. The zero-order valence-electron chi connectivity index (χ0n) is 70.6. The second kappa shape index (κ2) is 17.6. The first-order valence-electron chi connectivity index (χ1n) is 38.4. The van der Waals surface area contributed by atoms with Gasteiger partial charge in [-0.15, -0.1) is 0 Å². The van der Waals surface area contributed by atoms with Gasteiger partial charge < -0.3 is 18.6 Å². The van der Waals surface area contributed by atoms with Gasteiger partial charge in [0.15, 0.2) is 5.88 Å². The molecule has 0 saturated heterocycles. The van der Waals surface area contributed by atoms with Crippen molar-refractivity contribution in [2.24, 2.45) is 0 Å². The molecule has 0 spiro atoms. The van der Waals surface area contributed by atoms with Crippen LogP contribution in [0, 0.1) is 0 Å². The third-order valence-electron chi connectivity index (χ3n) is 17.0. The Kier molecular flexibility index (Phi) is 7.78. The molecule has 2 aromatic heterocycles. The average Bonchev–Trinajstić information content (AvgIpc) is 1.33. The van der Waals surface area contributed by atoms with Crippen LogP contribution in [0.4, 0.5) is 45.7 Å².